The third-order valence-corrected chi connectivity index (χ3v) is 2.98. The average molecular weight is 262 g/mol. The van der Waals surface area contributed by atoms with Crippen molar-refractivity contribution in [1.29, 1.82) is 0 Å². The second kappa shape index (κ2) is 4.80. The van der Waals surface area contributed by atoms with Crippen molar-refractivity contribution in [1.82, 2.24) is 0 Å². The monoisotopic (exact) mass is 262 g/mol. The number of nitrogens with two attached hydrogens (primary N) is 1. The Bertz CT molecular complexity index is 518. The first-order chi connectivity index (χ1) is 7.76. The maximum absolute atomic E-state index is 13.5. The van der Waals surface area contributed by atoms with Crippen LogP contribution in [0, 0.1) is 11.6 Å². The molecular formula is C10H12F2N2O2S. The van der Waals surface area contributed by atoms with Crippen LogP contribution in [0.5, 0.6) is 0 Å². The van der Waals surface area contributed by atoms with Crippen LogP contribution in [-0.4, -0.2) is 8.42 Å². The third kappa shape index (κ3) is 3.24. The van der Waals surface area contributed by atoms with Crippen molar-refractivity contribution in [2.24, 2.45) is 5.73 Å². The van der Waals surface area contributed by atoms with Gasteiger partial charge in [-0.05, 0) is 24.6 Å². The molecule has 0 fully saturated rings. The molecule has 0 saturated heterocycles. The molecule has 0 spiro atoms. The number of halogens is 2. The predicted octanol–water partition coefficient (Wildman–Crippen LogP) is 1.87. The number of hydrogen-bond donors (Lipinski definition) is 2. The third-order valence-electron chi connectivity index (χ3n) is 2.05. The summed E-state index contributed by atoms with van der Waals surface area (Å²) in [7, 11) is -3.95. The molecule has 94 valence electrons. The highest BCUT2D eigenvalue weighted by molar-refractivity contribution is 7.95. The molecule has 0 amide bonds. The molecule has 0 bridgehead atoms. The zero-order valence-electron chi connectivity index (χ0n) is 9.07. The van der Waals surface area contributed by atoms with Crippen LogP contribution in [0.1, 0.15) is 18.5 Å². The molecule has 0 aliphatic heterocycles. The van der Waals surface area contributed by atoms with Crippen LogP contribution >= 0.6 is 0 Å². The van der Waals surface area contributed by atoms with E-state index < -0.39 is 33.4 Å². The van der Waals surface area contributed by atoms with Crippen molar-refractivity contribution in [3.05, 3.63) is 41.3 Å². The Labute approximate surface area is 98.2 Å². The Balaban J connectivity index is 3.24. The van der Waals surface area contributed by atoms with Crippen LogP contribution in [0.3, 0.4) is 0 Å². The average Bonchev–Trinajstić information content (AvgIpc) is 2.23. The molecule has 17 heavy (non-hydrogen) atoms. The summed E-state index contributed by atoms with van der Waals surface area (Å²) >= 11 is 0. The second-order valence-electron chi connectivity index (χ2n) is 3.46. The summed E-state index contributed by atoms with van der Waals surface area (Å²) in [4.78, 5) is 0. The topological polar surface area (TPSA) is 72.2 Å². The lowest BCUT2D eigenvalue weighted by molar-refractivity contribution is 0.579. The van der Waals surface area contributed by atoms with Gasteiger partial charge in [0, 0.05) is 11.4 Å². The molecule has 3 N–H and O–H groups in total. The van der Waals surface area contributed by atoms with E-state index in [9.17, 15) is 17.2 Å². The lowest BCUT2D eigenvalue weighted by Gasteiger charge is -2.11. The SMILES string of the molecule is C=CS(=O)(=O)Nc1c(F)cc(C(C)N)cc1F. The highest BCUT2D eigenvalue weighted by Crippen LogP contribution is 2.24. The summed E-state index contributed by atoms with van der Waals surface area (Å²) in [6.07, 6.45) is 0. The molecule has 0 aliphatic carbocycles. The predicted molar refractivity (Wildman–Crippen MR) is 61.7 cm³/mol. The molecule has 0 heterocycles. The molecule has 4 nitrogen and oxygen atoms in total. The Morgan fingerprint density at radius 2 is 1.88 bits per heavy atom. The van der Waals surface area contributed by atoms with E-state index in [2.05, 4.69) is 6.58 Å². The fourth-order valence-corrected chi connectivity index (χ4v) is 1.70. The van der Waals surface area contributed by atoms with Crippen molar-refractivity contribution in [3.8, 4) is 0 Å². The summed E-state index contributed by atoms with van der Waals surface area (Å²) in [5.74, 6) is -2.05. The van der Waals surface area contributed by atoms with E-state index in [-0.39, 0.29) is 5.56 Å². The summed E-state index contributed by atoms with van der Waals surface area (Å²) in [6.45, 7) is 4.58. The fraction of sp³-hybridized carbons (Fsp3) is 0.200. The maximum atomic E-state index is 13.5. The van der Waals surface area contributed by atoms with Gasteiger partial charge in [-0.25, -0.2) is 17.2 Å². The van der Waals surface area contributed by atoms with Gasteiger partial charge in [0.25, 0.3) is 10.0 Å². The number of anilines is 1. The molecule has 0 saturated carbocycles. The van der Waals surface area contributed by atoms with E-state index in [1.165, 1.54) is 0 Å². The molecular weight excluding hydrogens is 250 g/mol. The first-order valence-electron chi connectivity index (χ1n) is 4.66. The van der Waals surface area contributed by atoms with Crippen LogP contribution in [-0.2, 0) is 10.0 Å². The van der Waals surface area contributed by atoms with Crippen LogP contribution in [0.2, 0.25) is 0 Å². The Morgan fingerprint density at radius 3 is 2.24 bits per heavy atom. The van der Waals surface area contributed by atoms with Gasteiger partial charge in [0.15, 0.2) is 11.6 Å². The molecule has 0 aromatic heterocycles. The van der Waals surface area contributed by atoms with Gasteiger partial charge in [-0.3, -0.25) is 4.72 Å². The highest BCUT2D eigenvalue weighted by Gasteiger charge is 2.16. The number of benzene rings is 1. The van der Waals surface area contributed by atoms with Gasteiger partial charge in [-0.1, -0.05) is 6.58 Å². The summed E-state index contributed by atoms with van der Waals surface area (Å²) < 4.78 is 50.9. The quantitative estimate of drug-likeness (QED) is 0.870. The zero-order valence-corrected chi connectivity index (χ0v) is 9.89. The minimum Gasteiger partial charge on any atom is -0.324 e. The van der Waals surface area contributed by atoms with E-state index in [1.54, 1.807) is 11.6 Å². The van der Waals surface area contributed by atoms with Gasteiger partial charge in [0.1, 0.15) is 5.69 Å². The van der Waals surface area contributed by atoms with E-state index in [0.29, 0.717) is 5.41 Å². The van der Waals surface area contributed by atoms with Crippen molar-refractivity contribution in [2.45, 2.75) is 13.0 Å². The van der Waals surface area contributed by atoms with Gasteiger partial charge in [-0.2, -0.15) is 0 Å². The minimum absolute atomic E-state index is 0.238. The first-order valence-corrected chi connectivity index (χ1v) is 6.21. The molecule has 1 aromatic carbocycles. The summed E-state index contributed by atoms with van der Waals surface area (Å²) in [6, 6.07) is 1.41. The number of rotatable bonds is 4. The Morgan fingerprint density at radius 1 is 1.41 bits per heavy atom. The molecule has 1 aromatic rings. The largest absolute Gasteiger partial charge is 0.324 e. The number of hydrogen-bond acceptors (Lipinski definition) is 3. The van der Waals surface area contributed by atoms with E-state index in [4.69, 9.17) is 5.73 Å². The van der Waals surface area contributed by atoms with Crippen molar-refractivity contribution in [3.63, 3.8) is 0 Å². The van der Waals surface area contributed by atoms with Crippen molar-refractivity contribution >= 4 is 15.7 Å². The van der Waals surface area contributed by atoms with Crippen molar-refractivity contribution in [2.75, 3.05) is 4.72 Å². The first kappa shape index (κ1) is 13.6. The molecule has 1 rings (SSSR count). The molecule has 1 unspecified atom stereocenters. The minimum atomic E-state index is -3.95. The van der Waals surface area contributed by atoms with Crippen molar-refractivity contribution < 1.29 is 17.2 Å². The van der Waals surface area contributed by atoms with Gasteiger partial charge in [-0.15, -0.1) is 0 Å². The number of nitrogens with one attached hydrogen (secondary N) is 1. The van der Waals surface area contributed by atoms with Crippen LogP contribution in [0.25, 0.3) is 0 Å². The second-order valence-corrected chi connectivity index (χ2v) is 5.09. The van der Waals surface area contributed by atoms with Crippen LogP contribution < -0.4 is 10.5 Å². The lowest BCUT2D eigenvalue weighted by atomic mass is 10.1. The van der Waals surface area contributed by atoms with Crippen LogP contribution in [0.4, 0.5) is 14.5 Å². The standard InChI is InChI=1S/C10H12F2N2O2S/c1-3-17(15,16)14-10-8(11)4-7(6(2)13)5-9(10)12/h3-6,14H,1,13H2,2H3. The summed E-state index contributed by atoms with van der Waals surface area (Å²) in [5, 5.41) is 0.561. The normalized spacial score (nSPS) is 13.2. The lowest BCUT2D eigenvalue weighted by Crippen LogP contribution is -2.13. The van der Waals surface area contributed by atoms with Crippen LogP contribution in [0.15, 0.2) is 24.1 Å². The molecule has 7 heteroatoms. The number of sulfonamides is 1. The molecule has 0 radical (unpaired) electrons. The van der Waals surface area contributed by atoms with E-state index in [1.807, 2.05) is 0 Å². The van der Waals surface area contributed by atoms with Gasteiger partial charge in [0.2, 0.25) is 0 Å². The maximum Gasteiger partial charge on any atom is 0.254 e. The Kier molecular flexibility index (Phi) is 3.84. The Hall–Kier alpha value is -1.47. The highest BCUT2D eigenvalue weighted by atomic mass is 32.2. The molecule has 1 atom stereocenters. The molecule has 0 aliphatic rings. The summed E-state index contributed by atoms with van der Waals surface area (Å²) in [5.41, 5.74) is 4.96. The van der Waals surface area contributed by atoms with Gasteiger partial charge in [0.05, 0.1) is 0 Å². The smallest absolute Gasteiger partial charge is 0.254 e. The van der Waals surface area contributed by atoms with E-state index >= 15 is 0 Å². The van der Waals surface area contributed by atoms with Gasteiger partial charge >= 0.3 is 0 Å². The van der Waals surface area contributed by atoms with E-state index in [0.717, 1.165) is 12.1 Å². The fourth-order valence-electron chi connectivity index (χ4n) is 1.14. The van der Waals surface area contributed by atoms with Gasteiger partial charge < -0.3 is 5.73 Å². The zero-order chi connectivity index (χ0) is 13.2.